The number of benzene rings is 1. The molecule has 2 aliphatic rings. The maximum Gasteiger partial charge on any atom is 0.433 e. The largest absolute Gasteiger partial charge is 0.433 e. The number of hydrogen-bond donors (Lipinski definition) is 2. The van der Waals surface area contributed by atoms with E-state index in [0.717, 1.165) is 37.8 Å². The van der Waals surface area contributed by atoms with Crippen LogP contribution in [-0.4, -0.2) is 77.3 Å². The molecule has 37 heavy (non-hydrogen) atoms. The molecule has 3 heterocycles. The first-order valence-corrected chi connectivity index (χ1v) is 12.8. The molecular formula is C27H35F3N4O3. The number of halogens is 3. The highest BCUT2D eigenvalue weighted by molar-refractivity contribution is 5.74. The summed E-state index contributed by atoms with van der Waals surface area (Å²) in [4.78, 5) is 20.5. The molecule has 2 unspecified atom stereocenters. The number of hydrogen-bond acceptors (Lipinski definition) is 6. The van der Waals surface area contributed by atoms with E-state index in [1.54, 1.807) is 6.07 Å². The smallest absolute Gasteiger partial charge is 0.394 e. The molecule has 2 saturated heterocycles. The van der Waals surface area contributed by atoms with E-state index < -0.39 is 23.7 Å². The van der Waals surface area contributed by atoms with Crippen LogP contribution in [0.2, 0.25) is 0 Å². The fourth-order valence-electron chi connectivity index (χ4n) is 5.84. The van der Waals surface area contributed by atoms with Crippen LogP contribution in [0.15, 0.2) is 48.5 Å². The third-order valence-electron chi connectivity index (χ3n) is 7.76. The average Bonchev–Trinajstić information content (AvgIpc) is 2.90. The Bertz CT molecular complexity index is 1020. The number of primary amides is 1. The van der Waals surface area contributed by atoms with E-state index in [1.165, 1.54) is 6.07 Å². The lowest BCUT2D eigenvalue weighted by Gasteiger charge is -2.51. The number of amides is 1. The summed E-state index contributed by atoms with van der Waals surface area (Å²) in [5.41, 5.74) is 5.54. The highest BCUT2D eigenvalue weighted by Gasteiger charge is 2.43. The zero-order valence-corrected chi connectivity index (χ0v) is 20.9. The summed E-state index contributed by atoms with van der Waals surface area (Å²) in [6.45, 7) is 4.07. The molecule has 1 amide bonds. The van der Waals surface area contributed by atoms with E-state index in [0.29, 0.717) is 32.5 Å². The van der Waals surface area contributed by atoms with Gasteiger partial charge in [0, 0.05) is 63.0 Å². The van der Waals surface area contributed by atoms with Crippen molar-refractivity contribution in [2.24, 2.45) is 5.73 Å². The Balaban J connectivity index is 1.55. The predicted octanol–water partition coefficient (Wildman–Crippen LogP) is 3.35. The first kappa shape index (κ1) is 27.5. The molecule has 4 rings (SSSR count). The van der Waals surface area contributed by atoms with E-state index in [9.17, 15) is 23.1 Å². The highest BCUT2D eigenvalue weighted by Crippen LogP contribution is 2.40. The molecule has 202 valence electrons. The third-order valence-corrected chi connectivity index (χ3v) is 7.76. The molecule has 2 fully saturated rings. The number of piperazine rings is 1. The van der Waals surface area contributed by atoms with Gasteiger partial charge < -0.3 is 15.6 Å². The van der Waals surface area contributed by atoms with Crippen LogP contribution in [0, 0.1) is 0 Å². The van der Waals surface area contributed by atoms with Gasteiger partial charge in [0.05, 0.1) is 12.6 Å². The number of aliphatic hydroxyl groups excluding tert-OH is 1. The minimum absolute atomic E-state index is 0.0187. The topological polar surface area (TPSA) is 91.9 Å². The van der Waals surface area contributed by atoms with Crippen LogP contribution in [0.25, 0.3) is 0 Å². The van der Waals surface area contributed by atoms with Gasteiger partial charge in [-0.1, -0.05) is 36.4 Å². The zero-order chi connectivity index (χ0) is 26.5. The van der Waals surface area contributed by atoms with E-state index in [-0.39, 0.29) is 30.3 Å². The Hall–Kier alpha value is -2.53. The molecule has 1 aromatic heterocycles. The molecule has 2 atom stereocenters. The molecule has 0 saturated carbocycles. The molecule has 1 aromatic carbocycles. The number of rotatable bonds is 9. The summed E-state index contributed by atoms with van der Waals surface area (Å²) in [5.74, 6) is -1.10. The SMILES string of the molecule is NC(=O)CC(CC1(N2CCN(C(CO)c3ccccc3)CC2)CCOCC1)c1cccc(C(F)(F)F)n1. The molecule has 2 aliphatic heterocycles. The van der Waals surface area contributed by atoms with Crippen LogP contribution in [0.4, 0.5) is 13.2 Å². The Morgan fingerprint density at radius 3 is 2.32 bits per heavy atom. The number of aliphatic hydroxyl groups is 1. The quantitative estimate of drug-likeness (QED) is 0.527. The van der Waals surface area contributed by atoms with Crippen molar-refractivity contribution in [3.63, 3.8) is 0 Å². The van der Waals surface area contributed by atoms with Gasteiger partial charge in [-0.15, -0.1) is 0 Å². The minimum Gasteiger partial charge on any atom is -0.394 e. The molecule has 0 radical (unpaired) electrons. The first-order valence-electron chi connectivity index (χ1n) is 12.8. The van der Waals surface area contributed by atoms with Crippen molar-refractivity contribution in [2.75, 3.05) is 46.0 Å². The number of nitrogens with two attached hydrogens (primary N) is 1. The van der Waals surface area contributed by atoms with Crippen molar-refractivity contribution in [1.29, 1.82) is 0 Å². The van der Waals surface area contributed by atoms with Gasteiger partial charge in [0.1, 0.15) is 5.69 Å². The van der Waals surface area contributed by atoms with Gasteiger partial charge >= 0.3 is 6.18 Å². The molecule has 2 aromatic rings. The molecule has 3 N–H and O–H groups in total. The number of carbonyl (C=O) groups excluding carboxylic acids is 1. The molecule has 10 heteroatoms. The maximum absolute atomic E-state index is 13.4. The second kappa shape index (κ2) is 11.9. The second-order valence-electron chi connectivity index (χ2n) is 9.99. The third kappa shape index (κ3) is 6.67. The number of pyridine rings is 1. The summed E-state index contributed by atoms with van der Waals surface area (Å²) in [5, 5.41) is 10.1. The van der Waals surface area contributed by atoms with Crippen molar-refractivity contribution >= 4 is 5.91 Å². The number of aromatic nitrogens is 1. The fourth-order valence-corrected chi connectivity index (χ4v) is 5.84. The van der Waals surface area contributed by atoms with Crippen LogP contribution >= 0.6 is 0 Å². The van der Waals surface area contributed by atoms with Crippen LogP contribution in [0.1, 0.15) is 54.6 Å². The van der Waals surface area contributed by atoms with E-state index in [4.69, 9.17) is 10.5 Å². The Kier molecular flexibility index (Phi) is 8.84. The number of carbonyl (C=O) groups is 1. The summed E-state index contributed by atoms with van der Waals surface area (Å²) in [6, 6.07) is 13.7. The predicted molar refractivity (Wildman–Crippen MR) is 133 cm³/mol. The van der Waals surface area contributed by atoms with Crippen molar-refractivity contribution in [3.8, 4) is 0 Å². The van der Waals surface area contributed by atoms with Crippen molar-refractivity contribution in [2.45, 2.75) is 49.4 Å². The summed E-state index contributed by atoms with van der Waals surface area (Å²) in [6.07, 6.45) is -2.75. The van der Waals surface area contributed by atoms with Gasteiger partial charge in [0.2, 0.25) is 5.91 Å². The minimum atomic E-state index is -4.57. The second-order valence-corrected chi connectivity index (χ2v) is 9.99. The van der Waals surface area contributed by atoms with Crippen molar-refractivity contribution in [1.82, 2.24) is 14.8 Å². The van der Waals surface area contributed by atoms with Crippen LogP contribution in [0.3, 0.4) is 0 Å². The van der Waals surface area contributed by atoms with Crippen molar-refractivity contribution in [3.05, 3.63) is 65.5 Å². The Morgan fingerprint density at radius 2 is 1.73 bits per heavy atom. The Labute approximate surface area is 215 Å². The van der Waals surface area contributed by atoms with Gasteiger partial charge in [-0.2, -0.15) is 13.2 Å². The summed E-state index contributed by atoms with van der Waals surface area (Å²) in [7, 11) is 0. The van der Waals surface area contributed by atoms with Gasteiger partial charge in [0.25, 0.3) is 0 Å². The van der Waals surface area contributed by atoms with Gasteiger partial charge in [-0.05, 0) is 37.0 Å². The van der Waals surface area contributed by atoms with E-state index in [1.807, 2.05) is 30.3 Å². The zero-order valence-electron chi connectivity index (χ0n) is 20.9. The Morgan fingerprint density at radius 1 is 1.05 bits per heavy atom. The maximum atomic E-state index is 13.4. The normalized spacial score (nSPS) is 20.9. The van der Waals surface area contributed by atoms with Gasteiger partial charge in [-0.25, -0.2) is 4.98 Å². The van der Waals surface area contributed by atoms with Crippen LogP contribution in [0.5, 0.6) is 0 Å². The fraction of sp³-hybridized carbons (Fsp3) is 0.556. The lowest BCUT2D eigenvalue weighted by atomic mass is 9.77. The van der Waals surface area contributed by atoms with Crippen LogP contribution < -0.4 is 5.73 Å². The molecule has 7 nitrogen and oxygen atoms in total. The van der Waals surface area contributed by atoms with Crippen molar-refractivity contribution < 1.29 is 27.8 Å². The number of nitrogens with zero attached hydrogens (tertiary/aromatic N) is 3. The van der Waals surface area contributed by atoms with Gasteiger partial charge in [-0.3, -0.25) is 14.6 Å². The lowest BCUT2D eigenvalue weighted by molar-refractivity contribution is -0.141. The molecular weight excluding hydrogens is 485 g/mol. The number of alkyl halides is 3. The van der Waals surface area contributed by atoms with Crippen LogP contribution in [-0.2, 0) is 15.7 Å². The average molecular weight is 521 g/mol. The lowest BCUT2D eigenvalue weighted by Crippen LogP contribution is -2.60. The first-order chi connectivity index (χ1) is 17.7. The highest BCUT2D eigenvalue weighted by atomic mass is 19.4. The van der Waals surface area contributed by atoms with Gasteiger partial charge in [0.15, 0.2) is 0 Å². The standard InChI is InChI=1S/C27H35F3N4O3/c28-27(29,30)24-8-4-7-22(32-24)21(17-25(31)36)18-26(9-15-37-16-10-26)34-13-11-33(12-14-34)23(19-35)20-5-2-1-3-6-20/h1-8,21,23,35H,9-19H2,(H2,31,36). The molecule has 0 bridgehead atoms. The van der Waals surface area contributed by atoms with E-state index >= 15 is 0 Å². The summed E-state index contributed by atoms with van der Waals surface area (Å²) >= 11 is 0. The molecule has 0 spiro atoms. The molecule has 0 aliphatic carbocycles. The number of ether oxygens (including phenoxy) is 1. The monoisotopic (exact) mass is 520 g/mol. The summed E-state index contributed by atoms with van der Waals surface area (Å²) < 4.78 is 45.8. The van der Waals surface area contributed by atoms with E-state index in [2.05, 4.69) is 14.8 Å².